The summed E-state index contributed by atoms with van der Waals surface area (Å²) in [5.41, 5.74) is 0. The van der Waals surface area contributed by atoms with E-state index in [9.17, 15) is 4.79 Å². The fourth-order valence-electron chi connectivity index (χ4n) is 2.53. The predicted octanol–water partition coefficient (Wildman–Crippen LogP) is 2.95. The van der Waals surface area contributed by atoms with E-state index < -0.39 is 0 Å². The second-order valence-electron chi connectivity index (χ2n) is 5.33. The van der Waals surface area contributed by atoms with Crippen LogP contribution in [0, 0.1) is 0 Å². The Morgan fingerprint density at radius 1 is 1.32 bits per heavy atom. The number of hydrogen-bond acceptors (Lipinski definition) is 4. The van der Waals surface area contributed by atoms with Gasteiger partial charge in [-0.25, -0.2) is 0 Å². The van der Waals surface area contributed by atoms with Crippen molar-refractivity contribution in [3.8, 4) is 0 Å². The van der Waals surface area contributed by atoms with E-state index >= 15 is 0 Å². The average Bonchev–Trinajstić information content (AvgIpc) is 3.18. The molecule has 0 aromatic carbocycles. The van der Waals surface area contributed by atoms with Crippen LogP contribution in [0.1, 0.15) is 50.3 Å². The van der Waals surface area contributed by atoms with E-state index in [0.29, 0.717) is 11.7 Å². The number of hydrogen-bond donors (Lipinski definition) is 0. The summed E-state index contributed by atoms with van der Waals surface area (Å²) >= 11 is 1.60. The summed E-state index contributed by atoms with van der Waals surface area (Å²) in [7, 11) is 0. The van der Waals surface area contributed by atoms with Gasteiger partial charge in [0, 0.05) is 18.9 Å². The van der Waals surface area contributed by atoms with Gasteiger partial charge in [-0.1, -0.05) is 24.3 Å². The highest BCUT2D eigenvalue weighted by Gasteiger charge is 2.31. The molecule has 1 aromatic rings. The second-order valence-corrected chi connectivity index (χ2v) is 6.50. The molecule has 2 aliphatic carbocycles. The molecule has 0 amide bonds. The third-order valence-electron chi connectivity index (χ3n) is 3.75. The van der Waals surface area contributed by atoms with Crippen LogP contribution in [0.2, 0.25) is 0 Å². The topological polar surface area (TPSA) is 47.8 Å². The highest BCUT2D eigenvalue weighted by atomic mass is 32.2. The van der Waals surface area contributed by atoms with Crippen LogP contribution < -0.4 is 0 Å². The van der Waals surface area contributed by atoms with Crippen molar-refractivity contribution in [3.05, 3.63) is 18.5 Å². The first kappa shape index (κ1) is 12.9. The molecule has 0 bridgehead atoms. The van der Waals surface area contributed by atoms with Crippen LogP contribution >= 0.6 is 11.8 Å². The number of Topliss-reactive ketones (excluding diaryl/α,β-unsaturated/α-hetero) is 1. The Hall–Kier alpha value is -1.10. The Morgan fingerprint density at radius 2 is 2.16 bits per heavy atom. The van der Waals surface area contributed by atoms with E-state index in [1.54, 1.807) is 11.8 Å². The van der Waals surface area contributed by atoms with Crippen LogP contribution in [0.25, 0.3) is 0 Å². The maximum atomic E-state index is 11.9. The van der Waals surface area contributed by atoms with Gasteiger partial charge in [0.25, 0.3) is 0 Å². The summed E-state index contributed by atoms with van der Waals surface area (Å²) < 4.78 is 2.14. The molecular formula is C14H19N3OS. The van der Waals surface area contributed by atoms with Gasteiger partial charge in [0.05, 0.1) is 5.25 Å². The quantitative estimate of drug-likeness (QED) is 0.776. The van der Waals surface area contributed by atoms with Gasteiger partial charge in [-0.05, 0) is 25.7 Å². The van der Waals surface area contributed by atoms with Crippen LogP contribution in [0.15, 0.2) is 17.8 Å². The molecule has 2 fully saturated rings. The van der Waals surface area contributed by atoms with Crippen LogP contribution in [0.4, 0.5) is 0 Å². The lowest BCUT2D eigenvalue weighted by molar-refractivity contribution is -0.119. The maximum absolute atomic E-state index is 11.9. The summed E-state index contributed by atoms with van der Waals surface area (Å²) in [6, 6.07) is 0. The van der Waals surface area contributed by atoms with Gasteiger partial charge in [-0.3, -0.25) is 4.79 Å². The molecule has 3 rings (SSSR count). The smallest absolute Gasteiger partial charge is 0.192 e. The number of aromatic nitrogens is 3. The number of nitrogens with zero attached hydrogens (tertiary/aromatic N) is 3. The molecule has 1 atom stereocenters. The number of carbonyl (C=O) groups excluding carboxylic acids is 1. The summed E-state index contributed by atoms with van der Waals surface area (Å²) in [5, 5.41) is 9.59. The molecule has 1 unspecified atom stereocenters. The largest absolute Gasteiger partial charge is 0.302 e. The van der Waals surface area contributed by atoms with Crippen molar-refractivity contribution < 1.29 is 4.79 Å². The van der Waals surface area contributed by atoms with Crippen molar-refractivity contribution in [2.45, 2.75) is 61.4 Å². The van der Waals surface area contributed by atoms with Crippen molar-refractivity contribution >= 4 is 17.5 Å². The lowest BCUT2D eigenvalue weighted by Crippen LogP contribution is -2.22. The lowest BCUT2D eigenvalue weighted by atomic mass is 9.99. The SMILES string of the molecule is C=CCn1c(SC2CCCCC2=O)nnc1C1CC1. The molecule has 0 radical (unpaired) electrons. The normalized spacial score (nSPS) is 23.6. The number of thioether (sulfide) groups is 1. The molecular weight excluding hydrogens is 258 g/mol. The standard InChI is InChI=1S/C14H19N3OS/c1-2-9-17-13(10-7-8-10)15-16-14(17)19-12-6-4-3-5-11(12)18/h2,10,12H,1,3-9H2. The zero-order valence-corrected chi connectivity index (χ0v) is 11.9. The monoisotopic (exact) mass is 277 g/mol. The molecule has 2 aliphatic rings. The third-order valence-corrected chi connectivity index (χ3v) is 5.04. The third kappa shape index (κ3) is 2.76. The molecule has 0 saturated heterocycles. The van der Waals surface area contributed by atoms with Crippen LogP contribution in [-0.4, -0.2) is 25.8 Å². The molecule has 2 saturated carbocycles. The Kier molecular flexibility index (Phi) is 3.73. The number of rotatable bonds is 5. The van der Waals surface area contributed by atoms with Crippen molar-refractivity contribution in [2.75, 3.05) is 0 Å². The number of ketones is 1. The Bertz CT molecular complexity index is 493. The minimum atomic E-state index is 0.0774. The number of allylic oxidation sites excluding steroid dienone is 1. The van der Waals surface area contributed by atoms with E-state index in [4.69, 9.17) is 0 Å². The van der Waals surface area contributed by atoms with Crippen LogP contribution in [0.3, 0.4) is 0 Å². The maximum Gasteiger partial charge on any atom is 0.192 e. The van der Waals surface area contributed by atoms with Crippen molar-refractivity contribution in [1.82, 2.24) is 14.8 Å². The summed E-state index contributed by atoms with van der Waals surface area (Å²) in [5.74, 6) is 2.02. The van der Waals surface area contributed by atoms with Gasteiger partial charge in [-0.2, -0.15) is 0 Å². The molecule has 19 heavy (non-hydrogen) atoms. The zero-order chi connectivity index (χ0) is 13.2. The van der Waals surface area contributed by atoms with E-state index in [1.807, 2.05) is 6.08 Å². The molecule has 0 aliphatic heterocycles. The highest BCUT2D eigenvalue weighted by Crippen LogP contribution is 2.41. The summed E-state index contributed by atoms with van der Waals surface area (Å²) in [6.07, 6.45) is 8.19. The fourth-order valence-corrected chi connectivity index (χ4v) is 3.71. The molecule has 4 nitrogen and oxygen atoms in total. The van der Waals surface area contributed by atoms with Gasteiger partial charge in [0.2, 0.25) is 0 Å². The van der Waals surface area contributed by atoms with Crippen LogP contribution in [0.5, 0.6) is 0 Å². The molecule has 102 valence electrons. The summed E-state index contributed by atoms with van der Waals surface area (Å²) in [4.78, 5) is 11.9. The Morgan fingerprint density at radius 3 is 2.84 bits per heavy atom. The highest BCUT2D eigenvalue weighted by molar-refractivity contribution is 8.00. The van der Waals surface area contributed by atoms with E-state index in [-0.39, 0.29) is 5.25 Å². The van der Waals surface area contributed by atoms with Gasteiger partial charge >= 0.3 is 0 Å². The summed E-state index contributed by atoms with van der Waals surface area (Å²) in [6.45, 7) is 4.54. The fraction of sp³-hybridized carbons (Fsp3) is 0.643. The van der Waals surface area contributed by atoms with E-state index in [2.05, 4.69) is 21.3 Å². The van der Waals surface area contributed by atoms with Gasteiger partial charge < -0.3 is 4.57 Å². The van der Waals surface area contributed by atoms with Crippen molar-refractivity contribution in [2.24, 2.45) is 0 Å². The van der Waals surface area contributed by atoms with Crippen molar-refractivity contribution in [1.29, 1.82) is 0 Å². The van der Waals surface area contributed by atoms with E-state index in [1.165, 1.54) is 12.8 Å². The van der Waals surface area contributed by atoms with E-state index in [0.717, 1.165) is 43.2 Å². The Balaban J connectivity index is 1.79. The zero-order valence-electron chi connectivity index (χ0n) is 11.0. The first-order valence-corrected chi connectivity index (χ1v) is 7.91. The second kappa shape index (κ2) is 5.49. The van der Waals surface area contributed by atoms with Gasteiger partial charge in [-0.15, -0.1) is 16.8 Å². The molecule has 0 N–H and O–H groups in total. The molecule has 1 heterocycles. The lowest BCUT2D eigenvalue weighted by Gasteiger charge is -2.19. The predicted molar refractivity (Wildman–Crippen MR) is 75.3 cm³/mol. The van der Waals surface area contributed by atoms with Crippen LogP contribution in [-0.2, 0) is 11.3 Å². The first-order valence-electron chi connectivity index (χ1n) is 7.03. The number of carbonyl (C=O) groups is 1. The van der Waals surface area contributed by atoms with Gasteiger partial charge in [0.15, 0.2) is 5.16 Å². The molecule has 1 aromatic heterocycles. The minimum Gasteiger partial charge on any atom is -0.302 e. The molecule has 0 spiro atoms. The minimum absolute atomic E-state index is 0.0774. The molecule has 5 heteroatoms. The average molecular weight is 277 g/mol. The Labute approximate surface area is 117 Å². The van der Waals surface area contributed by atoms with Gasteiger partial charge in [0.1, 0.15) is 11.6 Å². The van der Waals surface area contributed by atoms with Crippen molar-refractivity contribution in [3.63, 3.8) is 0 Å². The first-order chi connectivity index (χ1) is 9.29.